The smallest absolute Gasteiger partial charge is 0.352 e. The van der Waals surface area contributed by atoms with Crippen LogP contribution >= 0.6 is 23.1 Å². The number of ether oxygens (including phenoxy) is 1. The normalized spacial score (nSPS) is 20.3. The van der Waals surface area contributed by atoms with Crippen molar-refractivity contribution in [1.82, 2.24) is 15.2 Å². The summed E-state index contributed by atoms with van der Waals surface area (Å²) in [5, 5.41) is 19.3. The zero-order valence-electron chi connectivity index (χ0n) is 16.3. The molecule has 0 aliphatic carbocycles. The van der Waals surface area contributed by atoms with Crippen LogP contribution in [0.25, 0.3) is 0 Å². The van der Waals surface area contributed by atoms with Crippen molar-refractivity contribution < 1.29 is 33.9 Å². The Morgan fingerprint density at radius 1 is 1.45 bits per heavy atom. The monoisotopic (exact) mass is 469 g/mol. The Labute approximate surface area is 184 Å². The molecule has 0 spiro atoms. The van der Waals surface area contributed by atoms with Gasteiger partial charge in [0, 0.05) is 17.7 Å². The number of aromatic nitrogens is 1. The fourth-order valence-electron chi connectivity index (χ4n) is 2.80. The molecule has 1 aromatic heterocycles. The number of hydrogen-bond acceptors (Lipinski definition) is 10. The fourth-order valence-corrected chi connectivity index (χ4v) is 4.65. The number of rotatable bonds is 11. The van der Waals surface area contributed by atoms with E-state index in [1.807, 2.05) is 6.92 Å². The molecular weight excluding hydrogens is 450 g/mol. The molecule has 0 radical (unpaired) electrons. The van der Waals surface area contributed by atoms with Gasteiger partial charge in [0.05, 0.1) is 6.61 Å². The summed E-state index contributed by atoms with van der Waals surface area (Å²) in [7, 11) is 0. The van der Waals surface area contributed by atoms with Crippen molar-refractivity contribution >= 4 is 58.1 Å². The van der Waals surface area contributed by atoms with Gasteiger partial charge in [0.1, 0.15) is 29.4 Å². The molecule has 2 atom stereocenters. The SMILES string of the molecule is CCOCCON=C(C(=O)NC1C(=O)N2C(C(=O)O)=CCS[C@@H]12)c1csc(NC=O)n1. The van der Waals surface area contributed by atoms with Gasteiger partial charge in [-0.3, -0.25) is 19.3 Å². The van der Waals surface area contributed by atoms with Crippen molar-refractivity contribution in [3.8, 4) is 0 Å². The topological polar surface area (TPSA) is 160 Å². The molecule has 2 aliphatic rings. The minimum absolute atomic E-state index is 0.0928. The standard InChI is InChI=1S/C17H19N5O7S2/c1-2-28-4-5-29-21-11(9-7-31-17(19-9)18-8-23)13(24)20-12-14(25)22-10(16(26)27)3-6-30-15(12)22/h3,7-8,12,15H,2,4-6H2,1H3,(H,20,24)(H,26,27)(H,18,19,23)/t12?,15-/m0/s1. The van der Waals surface area contributed by atoms with Crippen LogP contribution in [0.1, 0.15) is 12.6 Å². The van der Waals surface area contributed by atoms with Crippen LogP contribution in [-0.2, 0) is 28.8 Å². The number of thioether (sulfide) groups is 1. The average molecular weight is 470 g/mol. The molecular formula is C17H19N5O7S2. The van der Waals surface area contributed by atoms with Crippen LogP contribution in [0, 0.1) is 0 Å². The summed E-state index contributed by atoms with van der Waals surface area (Å²) in [6.07, 6.45) is 1.91. The highest BCUT2D eigenvalue weighted by atomic mass is 32.2. The number of aliphatic carboxylic acids is 1. The first-order chi connectivity index (χ1) is 15.0. The molecule has 1 fully saturated rings. The number of anilines is 1. The average Bonchev–Trinajstić information content (AvgIpc) is 3.22. The lowest BCUT2D eigenvalue weighted by molar-refractivity contribution is -0.150. The van der Waals surface area contributed by atoms with E-state index < -0.39 is 29.2 Å². The molecule has 14 heteroatoms. The molecule has 0 aromatic carbocycles. The van der Waals surface area contributed by atoms with Crippen molar-refractivity contribution in [3.05, 3.63) is 22.8 Å². The Kier molecular flexibility index (Phi) is 7.59. The van der Waals surface area contributed by atoms with E-state index in [9.17, 15) is 24.3 Å². The molecule has 12 nitrogen and oxygen atoms in total. The molecule has 31 heavy (non-hydrogen) atoms. The van der Waals surface area contributed by atoms with Gasteiger partial charge in [0.25, 0.3) is 11.8 Å². The van der Waals surface area contributed by atoms with Crippen LogP contribution in [0.3, 0.4) is 0 Å². The second-order valence-corrected chi connectivity index (χ2v) is 8.06. The maximum atomic E-state index is 12.9. The number of thiazole rings is 1. The maximum Gasteiger partial charge on any atom is 0.352 e. The van der Waals surface area contributed by atoms with Gasteiger partial charge >= 0.3 is 5.97 Å². The van der Waals surface area contributed by atoms with E-state index in [1.165, 1.54) is 23.2 Å². The van der Waals surface area contributed by atoms with Crippen LogP contribution in [0.4, 0.5) is 5.13 Å². The second-order valence-electron chi connectivity index (χ2n) is 6.05. The van der Waals surface area contributed by atoms with E-state index in [2.05, 4.69) is 20.8 Å². The third kappa shape index (κ3) is 5.03. The number of carboxylic acids is 1. The molecule has 166 valence electrons. The zero-order valence-corrected chi connectivity index (χ0v) is 17.9. The summed E-state index contributed by atoms with van der Waals surface area (Å²) in [5.41, 5.74) is -0.140. The minimum Gasteiger partial charge on any atom is -0.477 e. The molecule has 3 amide bonds. The van der Waals surface area contributed by atoms with Gasteiger partial charge in [-0.05, 0) is 13.0 Å². The van der Waals surface area contributed by atoms with Gasteiger partial charge in [0.15, 0.2) is 10.8 Å². The molecule has 3 heterocycles. The molecule has 3 N–H and O–H groups in total. The molecule has 0 bridgehead atoms. The number of hydrogen-bond donors (Lipinski definition) is 3. The van der Waals surface area contributed by atoms with E-state index >= 15 is 0 Å². The van der Waals surface area contributed by atoms with Gasteiger partial charge in [-0.1, -0.05) is 5.16 Å². The van der Waals surface area contributed by atoms with Crippen LogP contribution in [-0.4, -0.2) is 81.9 Å². The Hall–Kier alpha value is -2.97. The number of fused-ring (bicyclic) bond motifs is 1. The highest BCUT2D eigenvalue weighted by molar-refractivity contribution is 8.00. The minimum atomic E-state index is -1.20. The number of carbonyl (C=O) groups is 4. The summed E-state index contributed by atoms with van der Waals surface area (Å²) < 4.78 is 5.15. The van der Waals surface area contributed by atoms with Crippen LogP contribution < -0.4 is 10.6 Å². The predicted molar refractivity (Wildman–Crippen MR) is 112 cm³/mol. The first-order valence-corrected chi connectivity index (χ1v) is 11.0. The Morgan fingerprint density at radius 3 is 2.97 bits per heavy atom. The summed E-state index contributed by atoms with van der Waals surface area (Å²) in [5.74, 6) is -2.05. The summed E-state index contributed by atoms with van der Waals surface area (Å²) in [6.45, 7) is 2.68. The number of nitrogens with zero attached hydrogens (tertiary/aromatic N) is 3. The second kappa shape index (κ2) is 10.4. The van der Waals surface area contributed by atoms with Crippen molar-refractivity contribution in [1.29, 1.82) is 0 Å². The quantitative estimate of drug-likeness (QED) is 0.131. The molecule has 1 unspecified atom stereocenters. The fraction of sp³-hybridized carbons (Fsp3) is 0.412. The van der Waals surface area contributed by atoms with Gasteiger partial charge < -0.3 is 25.3 Å². The van der Waals surface area contributed by atoms with Crippen LogP contribution in [0.2, 0.25) is 0 Å². The largest absolute Gasteiger partial charge is 0.477 e. The number of amides is 3. The molecule has 1 saturated heterocycles. The van der Waals surface area contributed by atoms with Crippen LogP contribution in [0.15, 0.2) is 22.3 Å². The lowest BCUT2D eigenvalue weighted by atomic mass is 10.0. The maximum absolute atomic E-state index is 12.9. The first kappa shape index (κ1) is 22.7. The Morgan fingerprint density at radius 2 is 2.26 bits per heavy atom. The summed E-state index contributed by atoms with van der Waals surface area (Å²) >= 11 is 2.42. The number of nitrogens with one attached hydrogen (secondary N) is 2. The molecule has 3 rings (SSSR count). The van der Waals surface area contributed by atoms with E-state index in [1.54, 1.807) is 0 Å². The first-order valence-electron chi connectivity index (χ1n) is 9.10. The summed E-state index contributed by atoms with van der Waals surface area (Å²) in [6, 6.07) is -0.916. The third-order valence-corrected chi connectivity index (χ3v) is 6.13. The highest BCUT2D eigenvalue weighted by Crippen LogP contribution is 2.37. The lowest BCUT2D eigenvalue weighted by Crippen LogP contribution is -2.70. The number of carboxylic acid groups (broad SMARTS) is 1. The summed E-state index contributed by atoms with van der Waals surface area (Å²) in [4.78, 5) is 57.7. The van der Waals surface area contributed by atoms with E-state index in [4.69, 9.17) is 9.57 Å². The van der Waals surface area contributed by atoms with Crippen molar-refractivity contribution in [2.75, 3.05) is 30.9 Å². The number of carbonyl (C=O) groups excluding carboxylic acids is 3. The van der Waals surface area contributed by atoms with Gasteiger partial charge in [-0.2, -0.15) is 0 Å². The van der Waals surface area contributed by atoms with Crippen LogP contribution in [0.5, 0.6) is 0 Å². The molecule has 1 aromatic rings. The van der Waals surface area contributed by atoms with E-state index in [-0.39, 0.29) is 35.4 Å². The van der Waals surface area contributed by atoms with Gasteiger partial charge in [0.2, 0.25) is 6.41 Å². The number of β-lactam (4-membered cyclic amide) rings is 1. The predicted octanol–water partition coefficient (Wildman–Crippen LogP) is -0.163. The molecule has 0 saturated carbocycles. The van der Waals surface area contributed by atoms with Crippen molar-refractivity contribution in [3.63, 3.8) is 0 Å². The van der Waals surface area contributed by atoms with Crippen molar-refractivity contribution in [2.45, 2.75) is 18.3 Å². The zero-order chi connectivity index (χ0) is 22.4. The number of oxime groups is 1. The molecule has 2 aliphatic heterocycles. The van der Waals surface area contributed by atoms with E-state index in [0.29, 0.717) is 18.8 Å². The van der Waals surface area contributed by atoms with E-state index in [0.717, 1.165) is 16.2 Å². The van der Waals surface area contributed by atoms with Crippen molar-refractivity contribution in [2.24, 2.45) is 5.16 Å². The Bertz CT molecular complexity index is 932. The van der Waals surface area contributed by atoms with Gasteiger partial charge in [-0.25, -0.2) is 9.78 Å². The third-order valence-electron chi connectivity index (χ3n) is 4.18. The lowest BCUT2D eigenvalue weighted by Gasteiger charge is -2.48. The Balaban J connectivity index is 1.73. The highest BCUT2D eigenvalue weighted by Gasteiger charge is 2.53. The van der Waals surface area contributed by atoms with Gasteiger partial charge in [-0.15, -0.1) is 23.1 Å².